The first-order chi connectivity index (χ1) is 21.5. The third-order valence-electron chi connectivity index (χ3n) is 6.99. The number of benzene rings is 3. The van der Waals surface area contributed by atoms with Crippen molar-refractivity contribution in [2.24, 2.45) is 0 Å². The Balaban J connectivity index is 1.00. The summed E-state index contributed by atoms with van der Waals surface area (Å²) in [5, 5.41) is 1.99. The van der Waals surface area contributed by atoms with Crippen molar-refractivity contribution >= 4 is 19.2 Å². The maximum Gasteiger partial charge on any atom is 0.527 e. The first-order valence-electron chi connectivity index (χ1n) is 15.1. The van der Waals surface area contributed by atoms with E-state index >= 15 is 0 Å². The molecule has 10 heteroatoms. The lowest BCUT2D eigenvalue weighted by Gasteiger charge is -2.18. The third kappa shape index (κ3) is 12.5. The van der Waals surface area contributed by atoms with E-state index in [-0.39, 0.29) is 19.0 Å². The molecule has 44 heavy (non-hydrogen) atoms. The lowest BCUT2D eigenvalue weighted by Crippen LogP contribution is -2.30. The van der Waals surface area contributed by atoms with Crippen molar-refractivity contribution in [2.75, 3.05) is 33.5 Å². The minimum absolute atomic E-state index is 0.117. The van der Waals surface area contributed by atoms with Crippen LogP contribution in [0.1, 0.15) is 44.1 Å². The molecule has 0 saturated carbocycles. The minimum Gasteiger partial charge on any atom is -0.494 e. The number of thiazole rings is 1. The fraction of sp³-hybridized carbons (Fsp3) is 0.382. The normalized spacial score (nSPS) is 13.3. The molecule has 2 atom stereocenters. The highest BCUT2D eigenvalue weighted by Gasteiger charge is 2.25. The number of aromatic nitrogens is 1. The molecule has 0 saturated heterocycles. The molecule has 1 N–H and O–H groups in total. The lowest BCUT2D eigenvalue weighted by atomic mass is 10.1. The predicted molar refractivity (Wildman–Crippen MR) is 173 cm³/mol. The number of rotatable bonds is 21. The van der Waals surface area contributed by atoms with Gasteiger partial charge in [0.15, 0.2) is 12.7 Å². The largest absolute Gasteiger partial charge is 0.527 e. The van der Waals surface area contributed by atoms with Gasteiger partial charge in [-0.25, -0.2) is 4.57 Å². The molecule has 2 unspecified atom stereocenters. The van der Waals surface area contributed by atoms with E-state index < -0.39 is 13.9 Å². The lowest BCUT2D eigenvalue weighted by molar-refractivity contribution is -0.683. The Morgan fingerprint density at radius 1 is 0.818 bits per heavy atom. The van der Waals surface area contributed by atoms with Gasteiger partial charge in [0.2, 0.25) is 5.51 Å². The molecule has 1 aromatic heterocycles. The molecule has 0 amide bonds. The van der Waals surface area contributed by atoms with E-state index in [0.29, 0.717) is 13.2 Å². The van der Waals surface area contributed by atoms with Gasteiger partial charge >= 0.3 is 7.82 Å². The number of phosphoric acid groups is 1. The molecule has 8 nitrogen and oxygen atoms in total. The van der Waals surface area contributed by atoms with E-state index in [2.05, 4.69) is 24.3 Å². The zero-order valence-corrected chi connectivity index (χ0v) is 27.0. The van der Waals surface area contributed by atoms with Crippen LogP contribution in [0, 0.1) is 0 Å². The summed E-state index contributed by atoms with van der Waals surface area (Å²) in [4.78, 5) is 10.2. The number of ether oxygens (including phenoxy) is 3. The molecule has 0 bridgehead atoms. The van der Waals surface area contributed by atoms with Gasteiger partial charge in [-0.15, -0.1) is 0 Å². The highest BCUT2D eigenvalue weighted by atomic mass is 32.1. The van der Waals surface area contributed by atoms with E-state index in [0.717, 1.165) is 56.4 Å². The van der Waals surface area contributed by atoms with Gasteiger partial charge in [-0.1, -0.05) is 91.6 Å². The van der Waals surface area contributed by atoms with Gasteiger partial charge in [-0.2, -0.15) is 4.57 Å². The van der Waals surface area contributed by atoms with Gasteiger partial charge < -0.3 is 18.7 Å². The molecule has 0 aliphatic carbocycles. The summed E-state index contributed by atoms with van der Waals surface area (Å²) < 4.78 is 42.0. The van der Waals surface area contributed by atoms with Crippen LogP contribution in [0.4, 0.5) is 0 Å². The third-order valence-corrected chi connectivity index (χ3v) is 8.57. The van der Waals surface area contributed by atoms with Crippen molar-refractivity contribution in [3.8, 4) is 22.6 Å². The number of nitrogens with zero attached hydrogens (tertiary/aromatic N) is 1. The summed E-state index contributed by atoms with van der Waals surface area (Å²) in [6, 6.07) is 25.7. The van der Waals surface area contributed by atoms with Crippen LogP contribution in [0.2, 0.25) is 0 Å². The second kappa shape index (κ2) is 18.7. The smallest absolute Gasteiger partial charge is 0.494 e. The van der Waals surface area contributed by atoms with Gasteiger partial charge in [-0.3, -0.25) is 9.42 Å². The van der Waals surface area contributed by atoms with Gasteiger partial charge in [0.25, 0.3) is 0 Å². The highest BCUT2D eigenvalue weighted by molar-refractivity contribution is 7.47. The Bertz CT molecular complexity index is 1390. The number of phosphoric ester groups is 1. The molecule has 0 spiro atoms. The van der Waals surface area contributed by atoms with Gasteiger partial charge in [-0.05, 0) is 48.2 Å². The zero-order chi connectivity index (χ0) is 30.9. The predicted octanol–water partition coefficient (Wildman–Crippen LogP) is 7.70. The average Bonchev–Trinajstić information content (AvgIpc) is 3.55. The summed E-state index contributed by atoms with van der Waals surface area (Å²) in [5.41, 5.74) is 5.34. The Hall–Kier alpha value is -3.04. The Morgan fingerprint density at radius 3 is 2.27 bits per heavy atom. The van der Waals surface area contributed by atoms with E-state index in [1.165, 1.54) is 18.2 Å². The molecule has 0 aliphatic rings. The van der Waals surface area contributed by atoms with Gasteiger partial charge in [0.1, 0.15) is 17.6 Å². The fourth-order valence-electron chi connectivity index (χ4n) is 4.58. The zero-order valence-electron chi connectivity index (χ0n) is 25.3. The van der Waals surface area contributed by atoms with Crippen molar-refractivity contribution in [2.45, 2.75) is 51.2 Å². The number of methoxy groups -OCH3 is 1. The first kappa shape index (κ1) is 33.8. The molecular weight excluding hydrogens is 597 g/mol. The van der Waals surface area contributed by atoms with E-state index in [9.17, 15) is 9.46 Å². The SMILES string of the molecule is COC(COCCCCCCCCOc1ccc(-c2ccccc2)cc1)COP(=O)(O)Oc1cccc(C[n+]2ccsc2)c1. The van der Waals surface area contributed by atoms with Crippen LogP contribution in [-0.2, 0) is 25.1 Å². The second-order valence-corrected chi connectivity index (χ2v) is 12.6. The molecule has 1 heterocycles. The molecule has 3 aromatic carbocycles. The Morgan fingerprint density at radius 2 is 1.55 bits per heavy atom. The van der Waals surface area contributed by atoms with Crippen molar-refractivity contribution in [1.82, 2.24) is 0 Å². The van der Waals surface area contributed by atoms with E-state index in [1.54, 1.807) is 29.5 Å². The second-order valence-electron chi connectivity index (χ2n) is 10.5. The summed E-state index contributed by atoms with van der Waals surface area (Å²) in [5.74, 6) is 1.18. The molecule has 4 aromatic rings. The molecular formula is C34H43NO7PS+. The molecule has 4 rings (SSSR count). The van der Waals surface area contributed by atoms with Crippen molar-refractivity contribution < 1.29 is 37.3 Å². The Kier molecular flexibility index (Phi) is 14.4. The van der Waals surface area contributed by atoms with Crippen molar-refractivity contribution in [1.29, 1.82) is 0 Å². The van der Waals surface area contributed by atoms with Crippen LogP contribution < -0.4 is 13.8 Å². The number of unbranched alkanes of at least 4 members (excludes halogenated alkanes) is 5. The van der Waals surface area contributed by atoms with Crippen LogP contribution in [-0.4, -0.2) is 44.5 Å². The summed E-state index contributed by atoms with van der Waals surface area (Å²) in [7, 11) is -2.79. The van der Waals surface area contributed by atoms with Gasteiger partial charge in [0, 0.05) is 19.3 Å². The Labute approximate surface area is 264 Å². The van der Waals surface area contributed by atoms with Crippen LogP contribution in [0.25, 0.3) is 11.1 Å². The molecule has 0 aliphatic heterocycles. The first-order valence-corrected chi connectivity index (χ1v) is 17.5. The molecule has 0 radical (unpaired) electrons. The van der Waals surface area contributed by atoms with Crippen LogP contribution in [0.15, 0.2) is 96.0 Å². The summed E-state index contributed by atoms with van der Waals surface area (Å²) in [6.07, 6.45) is 7.99. The number of hydrogen-bond acceptors (Lipinski definition) is 7. The van der Waals surface area contributed by atoms with Crippen LogP contribution in [0.3, 0.4) is 0 Å². The molecule has 0 fully saturated rings. The standard InChI is InChI=1S/C34H42NO7PS/c1-38-34(27-41-43(36,37)42-33-15-11-12-29(24-33)25-35-20-23-44-28-35)26-39-21-9-4-2-3-5-10-22-40-32-18-16-31(17-19-32)30-13-7-6-8-14-30/h6-8,11-20,23-24,28,34H,2-5,9-10,21-22,25-27H2,1H3/p+1. The number of hydrogen-bond donors (Lipinski definition) is 1. The average molecular weight is 641 g/mol. The van der Waals surface area contributed by atoms with Crippen LogP contribution >= 0.6 is 19.2 Å². The fourth-order valence-corrected chi connectivity index (χ4v) is 5.96. The van der Waals surface area contributed by atoms with Crippen molar-refractivity contribution in [3.63, 3.8) is 0 Å². The van der Waals surface area contributed by atoms with E-state index in [1.807, 2.05) is 58.1 Å². The van der Waals surface area contributed by atoms with Crippen LogP contribution in [0.5, 0.6) is 11.5 Å². The quantitative estimate of drug-likeness (QED) is 0.0568. The van der Waals surface area contributed by atoms with Gasteiger partial charge in [0.05, 0.1) is 25.2 Å². The maximum atomic E-state index is 12.5. The minimum atomic E-state index is -4.32. The topological polar surface area (TPSA) is 87.3 Å². The maximum absolute atomic E-state index is 12.5. The van der Waals surface area contributed by atoms with Crippen molar-refractivity contribution in [3.05, 3.63) is 102 Å². The van der Waals surface area contributed by atoms with E-state index in [4.69, 9.17) is 23.3 Å². The summed E-state index contributed by atoms with van der Waals surface area (Å²) >= 11 is 1.60. The highest BCUT2D eigenvalue weighted by Crippen LogP contribution is 2.44. The molecule has 236 valence electrons. The monoisotopic (exact) mass is 640 g/mol. The summed E-state index contributed by atoms with van der Waals surface area (Å²) in [6.45, 7) is 2.12.